The van der Waals surface area contributed by atoms with Gasteiger partial charge in [0.1, 0.15) is 0 Å². The van der Waals surface area contributed by atoms with E-state index >= 15 is 0 Å². The van der Waals surface area contributed by atoms with Crippen molar-refractivity contribution in [1.82, 2.24) is 4.90 Å². The molecule has 0 radical (unpaired) electrons. The molecule has 21 heavy (non-hydrogen) atoms. The Morgan fingerprint density at radius 1 is 1.48 bits per heavy atom. The molecule has 1 aliphatic heterocycles. The highest BCUT2D eigenvalue weighted by Gasteiger charge is 2.26. The summed E-state index contributed by atoms with van der Waals surface area (Å²) in [5.74, 6) is -1.02. The lowest BCUT2D eigenvalue weighted by Gasteiger charge is -2.32. The molecular formula is C15H19NO5. The zero-order valence-electron chi connectivity index (χ0n) is 11.9. The average molecular weight is 293 g/mol. The Hall–Kier alpha value is -1.92. The first-order valence-corrected chi connectivity index (χ1v) is 6.80. The minimum Gasteiger partial charge on any atom is -0.481 e. The highest BCUT2D eigenvalue weighted by atomic mass is 16.5. The van der Waals surface area contributed by atoms with Gasteiger partial charge < -0.3 is 19.5 Å². The van der Waals surface area contributed by atoms with Gasteiger partial charge in [-0.05, 0) is 17.7 Å². The topological polar surface area (TPSA) is 76.1 Å². The maximum absolute atomic E-state index is 12.5. The molecule has 0 aliphatic carbocycles. The second-order valence-corrected chi connectivity index (χ2v) is 4.98. The summed E-state index contributed by atoms with van der Waals surface area (Å²) in [6.07, 6.45) is -0.532. The Morgan fingerprint density at radius 2 is 2.29 bits per heavy atom. The van der Waals surface area contributed by atoms with E-state index < -0.39 is 12.1 Å². The molecule has 6 heteroatoms. The van der Waals surface area contributed by atoms with Crippen molar-refractivity contribution in [2.75, 3.05) is 26.8 Å². The molecule has 1 fully saturated rings. The standard InChI is InChI=1S/C15H19NO5/c1-20-10-11-3-2-4-12(7-11)15(19)16-5-6-21-13(9-16)8-14(17)18/h2-4,7,13H,5-6,8-10H2,1H3,(H,17,18). The first kappa shape index (κ1) is 15.5. The predicted molar refractivity (Wildman–Crippen MR) is 75.1 cm³/mol. The lowest BCUT2D eigenvalue weighted by molar-refractivity contribution is -0.141. The average Bonchev–Trinajstić information content (AvgIpc) is 2.47. The van der Waals surface area contributed by atoms with Crippen LogP contribution in [0.1, 0.15) is 22.3 Å². The van der Waals surface area contributed by atoms with E-state index in [4.69, 9.17) is 14.6 Å². The summed E-state index contributed by atoms with van der Waals surface area (Å²) >= 11 is 0. The molecule has 1 unspecified atom stereocenters. The summed E-state index contributed by atoms with van der Waals surface area (Å²) in [4.78, 5) is 24.8. The van der Waals surface area contributed by atoms with E-state index in [9.17, 15) is 9.59 Å². The van der Waals surface area contributed by atoms with Crippen LogP contribution in [0.15, 0.2) is 24.3 Å². The van der Waals surface area contributed by atoms with Crippen LogP contribution in [0, 0.1) is 0 Å². The van der Waals surface area contributed by atoms with E-state index in [1.165, 1.54) is 0 Å². The molecule has 1 saturated heterocycles. The van der Waals surface area contributed by atoms with Gasteiger partial charge in [-0.25, -0.2) is 0 Å². The number of hydrogen-bond donors (Lipinski definition) is 1. The Balaban J connectivity index is 2.04. The van der Waals surface area contributed by atoms with Crippen LogP contribution in [0.3, 0.4) is 0 Å². The van der Waals surface area contributed by atoms with Crippen molar-refractivity contribution in [2.45, 2.75) is 19.1 Å². The second-order valence-electron chi connectivity index (χ2n) is 4.98. The van der Waals surface area contributed by atoms with Crippen LogP contribution in [-0.4, -0.2) is 54.8 Å². The van der Waals surface area contributed by atoms with Crippen LogP contribution in [-0.2, 0) is 20.9 Å². The Bertz CT molecular complexity index is 517. The monoisotopic (exact) mass is 293 g/mol. The lowest BCUT2D eigenvalue weighted by atomic mass is 10.1. The van der Waals surface area contributed by atoms with Gasteiger partial charge in [-0.15, -0.1) is 0 Å². The van der Waals surface area contributed by atoms with Crippen molar-refractivity contribution < 1.29 is 24.2 Å². The number of rotatable bonds is 5. The number of morpholine rings is 1. The van der Waals surface area contributed by atoms with Gasteiger partial charge in [0, 0.05) is 25.8 Å². The van der Waals surface area contributed by atoms with E-state index in [0.29, 0.717) is 31.9 Å². The molecule has 1 heterocycles. The first-order valence-electron chi connectivity index (χ1n) is 6.80. The molecule has 1 amide bonds. The fourth-order valence-electron chi connectivity index (χ4n) is 2.37. The molecule has 0 spiro atoms. The number of nitrogens with zero attached hydrogens (tertiary/aromatic N) is 1. The number of ether oxygens (including phenoxy) is 2. The van der Waals surface area contributed by atoms with Crippen molar-refractivity contribution in [3.05, 3.63) is 35.4 Å². The minimum atomic E-state index is -0.920. The molecular weight excluding hydrogens is 274 g/mol. The van der Waals surface area contributed by atoms with Crippen LogP contribution < -0.4 is 0 Å². The number of methoxy groups -OCH3 is 1. The Morgan fingerprint density at radius 3 is 3.00 bits per heavy atom. The summed E-state index contributed by atoms with van der Waals surface area (Å²) in [5.41, 5.74) is 1.51. The Labute approximate surface area is 123 Å². The largest absolute Gasteiger partial charge is 0.481 e. The van der Waals surface area contributed by atoms with Gasteiger partial charge >= 0.3 is 5.97 Å². The quantitative estimate of drug-likeness (QED) is 0.881. The number of carbonyl (C=O) groups excluding carboxylic acids is 1. The third-order valence-corrected chi connectivity index (χ3v) is 3.31. The van der Waals surface area contributed by atoms with Crippen LogP contribution in [0.2, 0.25) is 0 Å². The van der Waals surface area contributed by atoms with Gasteiger partial charge in [0.25, 0.3) is 5.91 Å². The smallest absolute Gasteiger partial charge is 0.306 e. The highest BCUT2D eigenvalue weighted by molar-refractivity contribution is 5.94. The summed E-state index contributed by atoms with van der Waals surface area (Å²) in [6.45, 7) is 1.59. The lowest BCUT2D eigenvalue weighted by Crippen LogP contribution is -2.46. The fourth-order valence-corrected chi connectivity index (χ4v) is 2.37. The van der Waals surface area contributed by atoms with Gasteiger partial charge in [-0.3, -0.25) is 9.59 Å². The first-order chi connectivity index (χ1) is 10.1. The molecule has 0 saturated carbocycles. The van der Waals surface area contributed by atoms with Crippen molar-refractivity contribution in [2.24, 2.45) is 0 Å². The third-order valence-electron chi connectivity index (χ3n) is 3.31. The number of amides is 1. The van der Waals surface area contributed by atoms with E-state index in [1.54, 1.807) is 24.1 Å². The highest BCUT2D eigenvalue weighted by Crippen LogP contribution is 2.14. The second kappa shape index (κ2) is 7.19. The molecule has 2 rings (SSSR count). The molecule has 1 aliphatic rings. The number of carboxylic acids is 1. The molecule has 1 aromatic carbocycles. The van der Waals surface area contributed by atoms with E-state index in [1.807, 2.05) is 12.1 Å². The minimum absolute atomic E-state index is 0.0898. The molecule has 1 N–H and O–H groups in total. The van der Waals surface area contributed by atoms with E-state index in [0.717, 1.165) is 5.56 Å². The molecule has 1 atom stereocenters. The number of aliphatic carboxylic acids is 1. The van der Waals surface area contributed by atoms with Gasteiger partial charge in [0.05, 0.1) is 25.7 Å². The third kappa shape index (κ3) is 4.27. The molecule has 114 valence electrons. The summed E-state index contributed by atoms with van der Waals surface area (Å²) in [6, 6.07) is 7.26. The van der Waals surface area contributed by atoms with Crippen LogP contribution >= 0.6 is 0 Å². The maximum Gasteiger partial charge on any atom is 0.306 e. The van der Waals surface area contributed by atoms with Gasteiger partial charge in [-0.2, -0.15) is 0 Å². The van der Waals surface area contributed by atoms with E-state index in [2.05, 4.69) is 0 Å². The number of carboxylic acid groups (broad SMARTS) is 1. The summed E-state index contributed by atoms with van der Waals surface area (Å²) < 4.78 is 10.4. The van der Waals surface area contributed by atoms with Crippen molar-refractivity contribution in [1.29, 1.82) is 0 Å². The van der Waals surface area contributed by atoms with Crippen LogP contribution in [0.5, 0.6) is 0 Å². The van der Waals surface area contributed by atoms with Gasteiger partial charge in [0.15, 0.2) is 0 Å². The summed E-state index contributed by atoms with van der Waals surface area (Å²) in [7, 11) is 1.60. The molecule has 1 aromatic rings. The fraction of sp³-hybridized carbons (Fsp3) is 0.467. The van der Waals surface area contributed by atoms with Gasteiger partial charge in [0.2, 0.25) is 0 Å². The van der Waals surface area contributed by atoms with Crippen molar-refractivity contribution >= 4 is 11.9 Å². The predicted octanol–water partition coefficient (Wildman–Crippen LogP) is 1.15. The molecule has 0 bridgehead atoms. The number of hydrogen-bond acceptors (Lipinski definition) is 4. The zero-order valence-corrected chi connectivity index (χ0v) is 11.9. The Kier molecular flexibility index (Phi) is 5.30. The van der Waals surface area contributed by atoms with Crippen LogP contribution in [0.4, 0.5) is 0 Å². The van der Waals surface area contributed by atoms with Gasteiger partial charge in [-0.1, -0.05) is 12.1 Å². The number of carbonyl (C=O) groups is 2. The normalized spacial score (nSPS) is 18.5. The SMILES string of the molecule is COCc1cccc(C(=O)N2CCOC(CC(=O)O)C2)c1. The van der Waals surface area contributed by atoms with Crippen molar-refractivity contribution in [3.8, 4) is 0 Å². The van der Waals surface area contributed by atoms with Crippen molar-refractivity contribution in [3.63, 3.8) is 0 Å². The number of benzene rings is 1. The van der Waals surface area contributed by atoms with E-state index in [-0.39, 0.29) is 12.3 Å². The maximum atomic E-state index is 12.5. The van der Waals surface area contributed by atoms with Crippen LogP contribution in [0.25, 0.3) is 0 Å². The molecule has 6 nitrogen and oxygen atoms in total. The zero-order chi connectivity index (χ0) is 15.2. The molecule has 0 aromatic heterocycles. The summed E-state index contributed by atoms with van der Waals surface area (Å²) in [5, 5.41) is 8.81.